The van der Waals surface area contributed by atoms with E-state index in [1.807, 2.05) is 0 Å². The number of amides is 1. The van der Waals surface area contributed by atoms with E-state index in [1.165, 1.54) is 30.4 Å². The van der Waals surface area contributed by atoms with Gasteiger partial charge in [0.15, 0.2) is 14.6 Å². The molecule has 0 aliphatic heterocycles. The van der Waals surface area contributed by atoms with E-state index in [1.54, 1.807) is 41.8 Å². The molecule has 0 saturated carbocycles. The van der Waals surface area contributed by atoms with Crippen LogP contribution in [0.25, 0.3) is 10.2 Å². The lowest BCUT2D eigenvalue weighted by Gasteiger charge is -2.07. The number of halogens is 1. The smallest absolute Gasteiger partial charge is 0.326 e. The number of hydrogen-bond acceptors (Lipinski definition) is 6. The summed E-state index contributed by atoms with van der Waals surface area (Å²) in [5.74, 6) is -1.32. The van der Waals surface area contributed by atoms with Gasteiger partial charge in [0.1, 0.15) is 6.54 Å². The van der Waals surface area contributed by atoms with Crippen LogP contribution in [-0.2, 0) is 25.9 Å². The van der Waals surface area contributed by atoms with Crippen molar-refractivity contribution in [3.8, 4) is 0 Å². The molecule has 1 aromatic heterocycles. The number of benzene rings is 2. The Hall–Kier alpha value is -2.49. The maximum absolute atomic E-state index is 12.9. The third kappa shape index (κ3) is 4.63. The first kappa shape index (κ1) is 22.2. The molecular formula is C20H19ClN2O5S2. The molecule has 10 heteroatoms. The van der Waals surface area contributed by atoms with Crippen LogP contribution in [-0.4, -0.2) is 37.2 Å². The van der Waals surface area contributed by atoms with Crippen molar-refractivity contribution in [2.45, 2.75) is 25.3 Å². The van der Waals surface area contributed by atoms with Gasteiger partial charge in [0, 0.05) is 5.02 Å². The molecule has 2 aromatic carbocycles. The lowest BCUT2D eigenvalue weighted by atomic mass is 10.2. The van der Waals surface area contributed by atoms with Gasteiger partial charge in [0.25, 0.3) is 5.91 Å². The Morgan fingerprint density at radius 3 is 2.60 bits per heavy atom. The second-order valence-electron chi connectivity index (χ2n) is 6.20. The van der Waals surface area contributed by atoms with Gasteiger partial charge in [-0.05, 0) is 37.3 Å². The fourth-order valence-electron chi connectivity index (χ4n) is 2.84. The van der Waals surface area contributed by atoms with Crippen molar-refractivity contribution in [2.75, 3.05) is 12.4 Å². The number of aromatic nitrogens is 1. The van der Waals surface area contributed by atoms with E-state index in [2.05, 4.69) is 4.99 Å². The first-order chi connectivity index (χ1) is 14.3. The summed E-state index contributed by atoms with van der Waals surface area (Å²) in [6.45, 7) is 3.29. The molecule has 0 unspecified atom stereocenters. The van der Waals surface area contributed by atoms with Gasteiger partial charge < -0.3 is 9.30 Å². The zero-order chi connectivity index (χ0) is 21.9. The van der Waals surface area contributed by atoms with Crippen molar-refractivity contribution in [2.24, 2.45) is 4.99 Å². The monoisotopic (exact) mass is 466 g/mol. The van der Waals surface area contributed by atoms with E-state index in [-0.39, 0.29) is 34.2 Å². The summed E-state index contributed by atoms with van der Waals surface area (Å²) in [4.78, 5) is 29.3. The number of ether oxygens (including phenoxy) is 1. The molecule has 0 aliphatic carbocycles. The molecule has 0 N–H and O–H groups in total. The molecule has 0 fully saturated rings. The maximum atomic E-state index is 12.9. The van der Waals surface area contributed by atoms with Crippen molar-refractivity contribution in [1.82, 2.24) is 4.57 Å². The highest BCUT2D eigenvalue weighted by Gasteiger charge is 2.21. The van der Waals surface area contributed by atoms with Crippen molar-refractivity contribution >= 4 is 54.9 Å². The van der Waals surface area contributed by atoms with E-state index in [9.17, 15) is 18.0 Å². The van der Waals surface area contributed by atoms with Gasteiger partial charge in [-0.2, -0.15) is 4.99 Å². The second-order valence-corrected chi connectivity index (χ2v) is 9.90. The number of rotatable bonds is 6. The van der Waals surface area contributed by atoms with E-state index >= 15 is 0 Å². The van der Waals surface area contributed by atoms with Gasteiger partial charge >= 0.3 is 5.97 Å². The molecular weight excluding hydrogens is 448 g/mol. The van der Waals surface area contributed by atoms with Crippen molar-refractivity contribution < 1.29 is 22.7 Å². The van der Waals surface area contributed by atoms with Crippen LogP contribution in [0.3, 0.4) is 0 Å². The van der Waals surface area contributed by atoms with Crippen LogP contribution < -0.4 is 4.80 Å². The predicted molar refractivity (Wildman–Crippen MR) is 116 cm³/mol. The highest BCUT2D eigenvalue weighted by molar-refractivity contribution is 7.91. The fourth-order valence-corrected chi connectivity index (χ4v) is 5.23. The fraction of sp³-hybridized carbons (Fsp3) is 0.250. The minimum absolute atomic E-state index is 0.0162. The average molecular weight is 467 g/mol. The number of carbonyl (C=O) groups excluding carboxylic acids is 2. The van der Waals surface area contributed by atoms with Gasteiger partial charge in [-0.3, -0.25) is 9.59 Å². The van der Waals surface area contributed by atoms with E-state index < -0.39 is 21.7 Å². The lowest BCUT2D eigenvalue weighted by molar-refractivity contribution is -0.143. The molecule has 0 bridgehead atoms. The van der Waals surface area contributed by atoms with Crippen LogP contribution in [0.4, 0.5) is 0 Å². The maximum Gasteiger partial charge on any atom is 0.326 e. The summed E-state index contributed by atoms with van der Waals surface area (Å²) in [5.41, 5.74) is 0.649. The van der Waals surface area contributed by atoms with Crippen molar-refractivity contribution in [3.05, 3.63) is 57.9 Å². The number of hydrogen-bond donors (Lipinski definition) is 0. The van der Waals surface area contributed by atoms with Crippen LogP contribution >= 0.6 is 22.9 Å². The standard InChI is InChI=1S/C20H19ClN2O5S2/c1-3-28-18(24)12-23-15-10-9-13(21)11-16(15)29-20(23)22-19(25)14-7-5-6-8-17(14)30(26,27)4-2/h5-11H,3-4,12H2,1-2H3. The average Bonchev–Trinajstić information content (AvgIpc) is 3.04. The molecule has 1 amide bonds. The largest absolute Gasteiger partial charge is 0.465 e. The van der Waals surface area contributed by atoms with E-state index in [0.717, 1.165) is 4.70 Å². The number of thiazole rings is 1. The van der Waals surface area contributed by atoms with Gasteiger partial charge in [-0.1, -0.05) is 42.0 Å². The Morgan fingerprint density at radius 2 is 1.90 bits per heavy atom. The summed E-state index contributed by atoms with van der Waals surface area (Å²) in [7, 11) is -3.61. The topological polar surface area (TPSA) is 94.8 Å². The molecule has 0 spiro atoms. The molecule has 0 radical (unpaired) electrons. The Labute approximate surface area is 182 Å². The first-order valence-electron chi connectivity index (χ1n) is 9.12. The molecule has 7 nitrogen and oxygen atoms in total. The quantitative estimate of drug-likeness (QED) is 0.518. The summed E-state index contributed by atoms with van der Waals surface area (Å²) in [5, 5.41) is 0.504. The summed E-state index contributed by atoms with van der Waals surface area (Å²) >= 11 is 7.24. The predicted octanol–water partition coefficient (Wildman–Crippen LogP) is 3.45. The lowest BCUT2D eigenvalue weighted by Crippen LogP contribution is -2.23. The van der Waals surface area contributed by atoms with Crippen LogP contribution in [0.2, 0.25) is 5.02 Å². The molecule has 0 atom stereocenters. The first-order valence-corrected chi connectivity index (χ1v) is 12.0. The van der Waals surface area contributed by atoms with E-state index in [0.29, 0.717) is 10.5 Å². The molecule has 0 aliphatic rings. The Morgan fingerprint density at radius 1 is 1.17 bits per heavy atom. The molecule has 0 saturated heterocycles. The Kier molecular flexibility index (Phi) is 6.74. The SMILES string of the molecule is CCOC(=O)Cn1c(=NC(=O)c2ccccc2S(=O)(=O)CC)sc2cc(Cl)ccc21. The minimum atomic E-state index is -3.61. The van der Waals surface area contributed by atoms with Gasteiger partial charge in [0.2, 0.25) is 0 Å². The van der Waals surface area contributed by atoms with Crippen molar-refractivity contribution in [1.29, 1.82) is 0 Å². The number of fused-ring (bicyclic) bond motifs is 1. The van der Waals surface area contributed by atoms with Crippen LogP contribution in [0, 0.1) is 0 Å². The molecule has 3 rings (SSSR count). The number of esters is 1. The Balaban J connectivity index is 2.17. The van der Waals surface area contributed by atoms with Crippen molar-refractivity contribution in [3.63, 3.8) is 0 Å². The zero-order valence-corrected chi connectivity index (χ0v) is 18.7. The van der Waals surface area contributed by atoms with Crippen LogP contribution in [0.1, 0.15) is 24.2 Å². The van der Waals surface area contributed by atoms with Crippen LogP contribution in [0.5, 0.6) is 0 Å². The normalized spacial score (nSPS) is 12.3. The van der Waals surface area contributed by atoms with E-state index in [4.69, 9.17) is 16.3 Å². The second kappa shape index (κ2) is 9.11. The molecule has 1 heterocycles. The highest BCUT2D eigenvalue weighted by atomic mass is 35.5. The number of sulfone groups is 1. The summed E-state index contributed by atoms with van der Waals surface area (Å²) in [6.07, 6.45) is 0. The third-order valence-corrected chi connectivity index (χ3v) is 7.33. The third-order valence-electron chi connectivity index (χ3n) is 4.27. The summed E-state index contributed by atoms with van der Waals surface area (Å²) < 4.78 is 32.0. The van der Waals surface area contributed by atoms with Crippen LogP contribution in [0.15, 0.2) is 52.4 Å². The molecule has 158 valence electrons. The minimum Gasteiger partial charge on any atom is -0.465 e. The zero-order valence-electron chi connectivity index (χ0n) is 16.3. The van der Waals surface area contributed by atoms with Gasteiger partial charge in [0.05, 0.1) is 33.0 Å². The highest BCUT2D eigenvalue weighted by Crippen LogP contribution is 2.23. The van der Waals surface area contributed by atoms with Gasteiger partial charge in [-0.25, -0.2) is 8.42 Å². The Bertz CT molecular complexity index is 1290. The summed E-state index contributed by atoms with van der Waals surface area (Å²) in [6, 6.07) is 11.1. The van der Waals surface area contributed by atoms with Gasteiger partial charge in [-0.15, -0.1) is 0 Å². The molecule has 30 heavy (non-hydrogen) atoms. The number of nitrogens with zero attached hydrogens (tertiary/aromatic N) is 2. The number of carbonyl (C=O) groups is 2. The molecule has 3 aromatic rings.